The van der Waals surface area contributed by atoms with Crippen LogP contribution in [0.15, 0.2) is 140 Å². The molecule has 5 aromatic carbocycles. The van der Waals surface area contributed by atoms with Gasteiger partial charge in [-0.25, -0.2) is 0 Å². The second-order valence-corrected chi connectivity index (χ2v) is 9.16. The Kier molecular flexibility index (Phi) is 5.84. The van der Waals surface area contributed by atoms with Crippen molar-refractivity contribution in [1.29, 1.82) is 0 Å². The van der Waals surface area contributed by atoms with E-state index < -0.39 is 0 Å². The van der Waals surface area contributed by atoms with Gasteiger partial charge in [0.2, 0.25) is 0 Å². The fraction of sp³-hybridized carbons (Fsp3) is 0. The van der Waals surface area contributed by atoms with Gasteiger partial charge in [-0.05, 0) is 62.4 Å². The van der Waals surface area contributed by atoms with Crippen LogP contribution in [0.5, 0.6) is 0 Å². The van der Waals surface area contributed by atoms with Crippen molar-refractivity contribution in [3.8, 4) is 11.1 Å². The van der Waals surface area contributed by atoms with Crippen LogP contribution in [0.1, 0.15) is 16.7 Å². The first-order chi connectivity index (χ1) is 18.2. The largest absolute Gasteiger partial charge is 0.396 e. The molecule has 0 saturated carbocycles. The molecule has 6 rings (SSSR count). The molecule has 1 aromatic heterocycles. The number of aromatic nitrogens is 1. The number of nitrogens with two attached hydrogens (primary N) is 1. The van der Waals surface area contributed by atoms with Crippen LogP contribution in [0.2, 0.25) is 0 Å². The number of nitrogen functional groups attached to an aromatic ring is 1. The van der Waals surface area contributed by atoms with Crippen LogP contribution in [0.3, 0.4) is 0 Å². The number of fused-ring (bicyclic) bond motifs is 2. The lowest BCUT2D eigenvalue weighted by Gasteiger charge is -2.16. The van der Waals surface area contributed by atoms with Gasteiger partial charge in [0, 0.05) is 17.1 Å². The summed E-state index contributed by atoms with van der Waals surface area (Å²) in [5.74, 6) is 0. The van der Waals surface area contributed by atoms with Crippen molar-refractivity contribution in [3.05, 3.63) is 157 Å². The first-order valence-corrected chi connectivity index (χ1v) is 12.4. The maximum absolute atomic E-state index is 6.86. The number of nitrogens with zero attached hydrogens (tertiary/aromatic N) is 1. The standard InChI is InChI=1S/C35H26N2/c1-24(28-17-16-25-10-8-9-15-29(25)23-28)22-33(27-13-6-3-7-14-27)31-18-19-32-30(26-11-4-2-5-12-26)20-21-37-35(32)34(31)36/h2-23H,1,36H2/b33-22-. The molecule has 0 unspecified atom stereocenters. The third kappa shape index (κ3) is 4.30. The highest BCUT2D eigenvalue weighted by atomic mass is 14.7. The van der Waals surface area contributed by atoms with Gasteiger partial charge in [-0.2, -0.15) is 0 Å². The van der Waals surface area contributed by atoms with E-state index in [1.54, 1.807) is 0 Å². The number of benzene rings is 5. The Morgan fingerprint density at radius 1 is 0.676 bits per heavy atom. The van der Waals surface area contributed by atoms with Crippen LogP contribution in [0.25, 0.3) is 43.9 Å². The van der Waals surface area contributed by atoms with E-state index >= 15 is 0 Å². The van der Waals surface area contributed by atoms with Crippen molar-refractivity contribution in [2.75, 3.05) is 5.73 Å². The van der Waals surface area contributed by atoms with Crippen LogP contribution < -0.4 is 5.73 Å². The number of hydrogen-bond donors (Lipinski definition) is 1. The van der Waals surface area contributed by atoms with E-state index in [2.05, 4.69) is 91.5 Å². The summed E-state index contributed by atoms with van der Waals surface area (Å²) in [6, 6.07) is 41.8. The molecule has 1 heterocycles. The van der Waals surface area contributed by atoms with Crippen molar-refractivity contribution in [3.63, 3.8) is 0 Å². The molecule has 0 amide bonds. The van der Waals surface area contributed by atoms with Gasteiger partial charge < -0.3 is 5.73 Å². The quantitative estimate of drug-likeness (QED) is 0.200. The number of anilines is 1. The Balaban J connectivity index is 1.51. The van der Waals surface area contributed by atoms with Gasteiger partial charge in [0.05, 0.1) is 11.2 Å². The van der Waals surface area contributed by atoms with Gasteiger partial charge in [0.25, 0.3) is 0 Å². The van der Waals surface area contributed by atoms with E-state index in [1.807, 2.05) is 48.7 Å². The van der Waals surface area contributed by atoms with Crippen LogP contribution in [0.4, 0.5) is 5.69 Å². The first kappa shape index (κ1) is 22.5. The lowest BCUT2D eigenvalue weighted by molar-refractivity contribution is 1.40. The zero-order valence-corrected chi connectivity index (χ0v) is 20.4. The van der Waals surface area contributed by atoms with Gasteiger partial charge in [-0.1, -0.05) is 116 Å². The van der Waals surface area contributed by atoms with Crippen molar-refractivity contribution in [2.24, 2.45) is 0 Å². The van der Waals surface area contributed by atoms with E-state index in [9.17, 15) is 0 Å². The summed E-state index contributed by atoms with van der Waals surface area (Å²) in [5.41, 5.74) is 15.6. The Hall–Kier alpha value is -4.95. The van der Waals surface area contributed by atoms with Gasteiger partial charge in [0.15, 0.2) is 0 Å². The molecule has 2 nitrogen and oxygen atoms in total. The minimum Gasteiger partial charge on any atom is -0.396 e. The monoisotopic (exact) mass is 474 g/mol. The van der Waals surface area contributed by atoms with E-state index in [0.29, 0.717) is 5.69 Å². The molecule has 0 fully saturated rings. The molecule has 2 N–H and O–H groups in total. The normalized spacial score (nSPS) is 11.6. The fourth-order valence-electron chi connectivity index (χ4n) is 4.93. The number of rotatable bonds is 5. The summed E-state index contributed by atoms with van der Waals surface area (Å²) in [6.45, 7) is 4.44. The van der Waals surface area contributed by atoms with Crippen molar-refractivity contribution in [2.45, 2.75) is 0 Å². The predicted molar refractivity (Wildman–Crippen MR) is 158 cm³/mol. The molecule has 6 aromatic rings. The Bertz CT molecular complexity index is 1780. The molecule has 0 aliphatic rings. The summed E-state index contributed by atoms with van der Waals surface area (Å²) >= 11 is 0. The highest BCUT2D eigenvalue weighted by Crippen LogP contribution is 2.37. The molecule has 37 heavy (non-hydrogen) atoms. The summed E-state index contributed by atoms with van der Waals surface area (Å²) in [5, 5.41) is 3.44. The molecule has 0 atom stereocenters. The maximum atomic E-state index is 6.86. The Labute approximate surface area is 217 Å². The fourth-order valence-corrected chi connectivity index (χ4v) is 4.93. The highest BCUT2D eigenvalue weighted by molar-refractivity contribution is 6.05. The molecule has 2 heteroatoms. The highest BCUT2D eigenvalue weighted by Gasteiger charge is 2.15. The molecule has 0 aliphatic carbocycles. The summed E-state index contributed by atoms with van der Waals surface area (Å²) < 4.78 is 0. The Morgan fingerprint density at radius 2 is 1.38 bits per heavy atom. The van der Waals surface area contributed by atoms with E-state index in [4.69, 9.17) is 10.7 Å². The van der Waals surface area contributed by atoms with Crippen molar-refractivity contribution < 1.29 is 0 Å². The second kappa shape index (κ2) is 9.60. The average Bonchev–Trinajstić information content (AvgIpc) is 2.97. The number of hydrogen-bond acceptors (Lipinski definition) is 2. The summed E-state index contributed by atoms with van der Waals surface area (Å²) in [7, 11) is 0. The predicted octanol–water partition coefficient (Wildman–Crippen LogP) is 8.78. The lowest BCUT2D eigenvalue weighted by atomic mass is 9.90. The summed E-state index contributed by atoms with van der Waals surface area (Å²) in [6.07, 6.45) is 3.97. The van der Waals surface area contributed by atoms with Gasteiger partial charge in [-0.3, -0.25) is 4.98 Å². The molecular weight excluding hydrogens is 448 g/mol. The second-order valence-electron chi connectivity index (χ2n) is 9.16. The maximum Gasteiger partial charge on any atom is 0.0943 e. The zero-order chi connectivity index (χ0) is 25.2. The van der Waals surface area contributed by atoms with Gasteiger partial charge in [-0.15, -0.1) is 0 Å². The van der Waals surface area contributed by atoms with Gasteiger partial charge in [0.1, 0.15) is 0 Å². The van der Waals surface area contributed by atoms with Crippen molar-refractivity contribution >= 4 is 38.5 Å². The lowest BCUT2D eigenvalue weighted by Crippen LogP contribution is -1.99. The average molecular weight is 475 g/mol. The minimum absolute atomic E-state index is 0.664. The zero-order valence-electron chi connectivity index (χ0n) is 20.4. The SMILES string of the molecule is C=C(/C=C(/c1ccccc1)c1ccc2c(-c3ccccc3)ccnc2c1N)c1ccc2ccccc2c1. The molecule has 0 radical (unpaired) electrons. The summed E-state index contributed by atoms with van der Waals surface area (Å²) in [4.78, 5) is 4.70. The molecule has 0 spiro atoms. The third-order valence-corrected chi connectivity index (χ3v) is 6.85. The van der Waals surface area contributed by atoms with Crippen LogP contribution in [-0.2, 0) is 0 Å². The number of pyridine rings is 1. The molecular formula is C35H26N2. The Morgan fingerprint density at radius 3 is 2.16 bits per heavy atom. The van der Waals surface area contributed by atoms with Crippen LogP contribution in [0, 0.1) is 0 Å². The molecule has 0 aliphatic heterocycles. The molecule has 176 valence electrons. The van der Waals surface area contributed by atoms with Crippen molar-refractivity contribution in [1.82, 2.24) is 4.98 Å². The third-order valence-electron chi connectivity index (χ3n) is 6.85. The molecule has 0 saturated heterocycles. The van der Waals surface area contributed by atoms with Gasteiger partial charge >= 0.3 is 0 Å². The molecule has 0 bridgehead atoms. The minimum atomic E-state index is 0.664. The van der Waals surface area contributed by atoms with E-state index in [1.165, 1.54) is 10.8 Å². The van der Waals surface area contributed by atoms with Crippen LogP contribution >= 0.6 is 0 Å². The first-order valence-electron chi connectivity index (χ1n) is 12.4. The van der Waals surface area contributed by atoms with E-state index in [0.717, 1.165) is 49.9 Å². The van der Waals surface area contributed by atoms with E-state index in [-0.39, 0.29) is 0 Å². The topological polar surface area (TPSA) is 38.9 Å². The smallest absolute Gasteiger partial charge is 0.0943 e. The van der Waals surface area contributed by atoms with Crippen LogP contribution in [-0.4, -0.2) is 4.98 Å². The number of allylic oxidation sites excluding steroid dienone is 2.